The third-order valence-electron chi connectivity index (χ3n) is 3.69. The highest BCUT2D eigenvalue weighted by molar-refractivity contribution is 5.97. The van der Waals surface area contributed by atoms with Crippen molar-refractivity contribution in [3.05, 3.63) is 29.8 Å². The summed E-state index contributed by atoms with van der Waals surface area (Å²) < 4.78 is 0. The lowest BCUT2D eigenvalue weighted by Crippen LogP contribution is -2.46. The minimum atomic E-state index is -0.0776. The van der Waals surface area contributed by atoms with Crippen LogP contribution in [0.3, 0.4) is 0 Å². The standard InChI is InChI=1S/C14H18N4O2/c19-13(17-8-5-15-6-9-17)11-1-3-12(4-2-11)18-10-7-16-14(18)20/h1-4,15H,5-10H2,(H,16,20). The van der Waals surface area contributed by atoms with Crippen molar-refractivity contribution in [2.24, 2.45) is 0 Å². The molecule has 2 saturated heterocycles. The Morgan fingerprint density at radius 2 is 1.70 bits per heavy atom. The first-order valence-electron chi connectivity index (χ1n) is 6.91. The van der Waals surface area contributed by atoms with E-state index in [1.165, 1.54) is 0 Å². The smallest absolute Gasteiger partial charge is 0.321 e. The number of carbonyl (C=O) groups excluding carboxylic acids is 2. The number of nitrogens with one attached hydrogen (secondary N) is 2. The number of anilines is 1. The number of amides is 3. The molecule has 106 valence electrons. The number of carbonyl (C=O) groups is 2. The fourth-order valence-electron chi connectivity index (χ4n) is 2.55. The Kier molecular flexibility index (Phi) is 3.56. The molecule has 6 nitrogen and oxygen atoms in total. The van der Waals surface area contributed by atoms with Gasteiger partial charge in [0, 0.05) is 50.5 Å². The average molecular weight is 274 g/mol. The van der Waals surface area contributed by atoms with E-state index in [4.69, 9.17) is 0 Å². The second-order valence-corrected chi connectivity index (χ2v) is 4.97. The summed E-state index contributed by atoms with van der Waals surface area (Å²) in [4.78, 5) is 27.4. The molecule has 0 atom stereocenters. The van der Waals surface area contributed by atoms with Crippen LogP contribution in [0.15, 0.2) is 24.3 Å². The number of piperazine rings is 1. The van der Waals surface area contributed by atoms with Crippen LogP contribution in [0.1, 0.15) is 10.4 Å². The van der Waals surface area contributed by atoms with Crippen molar-refractivity contribution < 1.29 is 9.59 Å². The van der Waals surface area contributed by atoms with Crippen LogP contribution in [0.2, 0.25) is 0 Å². The van der Waals surface area contributed by atoms with Crippen LogP contribution in [0.4, 0.5) is 10.5 Å². The van der Waals surface area contributed by atoms with E-state index in [2.05, 4.69) is 10.6 Å². The fraction of sp³-hybridized carbons (Fsp3) is 0.429. The van der Waals surface area contributed by atoms with Crippen molar-refractivity contribution in [2.45, 2.75) is 0 Å². The maximum Gasteiger partial charge on any atom is 0.321 e. The van der Waals surface area contributed by atoms with Gasteiger partial charge < -0.3 is 15.5 Å². The van der Waals surface area contributed by atoms with Gasteiger partial charge in [-0.1, -0.05) is 0 Å². The van der Waals surface area contributed by atoms with Gasteiger partial charge in [0.25, 0.3) is 5.91 Å². The van der Waals surface area contributed by atoms with Crippen LogP contribution >= 0.6 is 0 Å². The molecule has 2 fully saturated rings. The second kappa shape index (κ2) is 5.50. The van der Waals surface area contributed by atoms with E-state index in [-0.39, 0.29) is 11.9 Å². The molecular formula is C14H18N4O2. The summed E-state index contributed by atoms with van der Waals surface area (Å²) in [7, 11) is 0. The molecule has 0 bridgehead atoms. The Balaban J connectivity index is 1.72. The SMILES string of the molecule is O=C(c1ccc(N2CCNC2=O)cc1)N1CCNCC1. The van der Waals surface area contributed by atoms with Gasteiger partial charge in [0.15, 0.2) is 0 Å². The zero-order valence-corrected chi connectivity index (χ0v) is 11.3. The van der Waals surface area contributed by atoms with Gasteiger partial charge in [0.2, 0.25) is 0 Å². The second-order valence-electron chi connectivity index (χ2n) is 4.97. The normalized spacial score (nSPS) is 19.1. The molecule has 2 aliphatic heterocycles. The molecule has 1 aromatic carbocycles. The highest BCUT2D eigenvalue weighted by Crippen LogP contribution is 2.18. The van der Waals surface area contributed by atoms with Gasteiger partial charge in [0.1, 0.15) is 0 Å². The Morgan fingerprint density at radius 3 is 2.30 bits per heavy atom. The maximum atomic E-state index is 12.3. The molecule has 0 unspecified atom stereocenters. The van der Waals surface area contributed by atoms with Crippen LogP contribution in [0.5, 0.6) is 0 Å². The van der Waals surface area contributed by atoms with E-state index < -0.39 is 0 Å². The highest BCUT2D eigenvalue weighted by Gasteiger charge is 2.22. The summed E-state index contributed by atoms with van der Waals surface area (Å²) in [6.07, 6.45) is 0. The molecule has 2 heterocycles. The summed E-state index contributed by atoms with van der Waals surface area (Å²) in [5.41, 5.74) is 1.51. The quantitative estimate of drug-likeness (QED) is 0.813. The van der Waals surface area contributed by atoms with Crippen LogP contribution < -0.4 is 15.5 Å². The van der Waals surface area contributed by atoms with E-state index in [0.29, 0.717) is 18.7 Å². The third kappa shape index (κ3) is 2.46. The first-order valence-corrected chi connectivity index (χ1v) is 6.91. The number of hydrogen-bond acceptors (Lipinski definition) is 3. The Labute approximate surface area is 117 Å². The molecule has 3 amide bonds. The van der Waals surface area contributed by atoms with Gasteiger partial charge in [-0.05, 0) is 24.3 Å². The molecule has 0 saturated carbocycles. The predicted molar refractivity (Wildman–Crippen MR) is 76.0 cm³/mol. The van der Waals surface area contributed by atoms with E-state index >= 15 is 0 Å². The van der Waals surface area contributed by atoms with Crippen LogP contribution in [-0.2, 0) is 0 Å². The van der Waals surface area contributed by atoms with E-state index in [0.717, 1.165) is 31.9 Å². The van der Waals surface area contributed by atoms with Gasteiger partial charge in [-0.15, -0.1) is 0 Å². The first kappa shape index (κ1) is 12.9. The van der Waals surface area contributed by atoms with E-state index in [9.17, 15) is 9.59 Å². The summed E-state index contributed by atoms with van der Waals surface area (Å²) in [6.45, 7) is 4.52. The van der Waals surface area contributed by atoms with Gasteiger partial charge in [-0.3, -0.25) is 9.69 Å². The molecule has 6 heteroatoms. The first-order chi connectivity index (χ1) is 9.75. The third-order valence-corrected chi connectivity index (χ3v) is 3.69. The molecule has 0 aliphatic carbocycles. The average Bonchev–Trinajstić information content (AvgIpc) is 2.94. The van der Waals surface area contributed by atoms with Crippen molar-refractivity contribution in [1.29, 1.82) is 0 Å². The number of rotatable bonds is 2. The lowest BCUT2D eigenvalue weighted by atomic mass is 10.1. The van der Waals surface area contributed by atoms with Gasteiger partial charge in [-0.25, -0.2) is 4.79 Å². The number of nitrogens with zero attached hydrogens (tertiary/aromatic N) is 2. The van der Waals surface area contributed by atoms with Crippen LogP contribution in [0, 0.1) is 0 Å². The summed E-state index contributed by atoms with van der Waals surface area (Å²) in [5, 5.41) is 5.99. The monoisotopic (exact) mass is 274 g/mol. The molecule has 0 aromatic heterocycles. The highest BCUT2D eigenvalue weighted by atomic mass is 16.2. The van der Waals surface area contributed by atoms with Crippen molar-refractivity contribution in [3.8, 4) is 0 Å². The molecular weight excluding hydrogens is 256 g/mol. The predicted octanol–water partition coefficient (Wildman–Crippen LogP) is 0.262. The molecule has 2 aliphatic rings. The number of urea groups is 1. The van der Waals surface area contributed by atoms with E-state index in [1.807, 2.05) is 17.0 Å². The van der Waals surface area contributed by atoms with Gasteiger partial charge in [0.05, 0.1) is 0 Å². The van der Waals surface area contributed by atoms with Gasteiger partial charge in [-0.2, -0.15) is 0 Å². The van der Waals surface area contributed by atoms with Crippen LogP contribution in [0.25, 0.3) is 0 Å². The fourth-order valence-corrected chi connectivity index (χ4v) is 2.55. The maximum absolute atomic E-state index is 12.3. The van der Waals surface area contributed by atoms with Crippen molar-refractivity contribution in [2.75, 3.05) is 44.2 Å². The zero-order chi connectivity index (χ0) is 13.9. The van der Waals surface area contributed by atoms with Gasteiger partial charge >= 0.3 is 6.03 Å². The molecule has 3 rings (SSSR count). The molecule has 0 spiro atoms. The summed E-state index contributed by atoms with van der Waals surface area (Å²) in [6, 6.07) is 7.18. The van der Waals surface area contributed by atoms with Crippen molar-refractivity contribution >= 4 is 17.6 Å². The van der Waals surface area contributed by atoms with E-state index in [1.54, 1.807) is 17.0 Å². The zero-order valence-electron chi connectivity index (χ0n) is 11.3. The minimum Gasteiger partial charge on any atom is -0.336 e. The van der Waals surface area contributed by atoms with Crippen molar-refractivity contribution in [3.63, 3.8) is 0 Å². The number of hydrogen-bond donors (Lipinski definition) is 2. The number of benzene rings is 1. The summed E-state index contributed by atoms with van der Waals surface area (Å²) >= 11 is 0. The summed E-state index contributed by atoms with van der Waals surface area (Å²) in [5.74, 6) is 0.0592. The lowest BCUT2D eigenvalue weighted by Gasteiger charge is -2.27. The topological polar surface area (TPSA) is 64.7 Å². The largest absolute Gasteiger partial charge is 0.336 e. The molecule has 0 radical (unpaired) electrons. The Hall–Kier alpha value is -2.08. The molecule has 20 heavy (non-hydrogen) atoms. The lowest BCUT2D eigenvalue weighted by molar-refractivity contribution is 0.0736. The Bertz CT molecular complexity index is 508. The Morgan fingerprint density at radius 1 is 1.00 bits per heavy atom. The van der Waals surface area contributed by atoms with Crippen LogP contribution in [-0.4, -0.2) is 56.1 Å². The molecule has 1 aromatic rings. The van der Waals surface area contributed by atoms with Crippen molar-refractivity contribution in [1.82, 2.24) is 15.5 Å². The minimum absolute atomic E-state index is 0.0592. The molecule has 2 N–H and O–H groups in total.